The first-order valence-electron chi connectivity index (χ1n) is 4.13. The second-order valence-corrected chi connectivity index (χ2v) is 2.81. The molecule has 0 aliphatic heterocycles. The average Bonchev–Trinajstić information content (AvgIpc) is 2.27. The summed E-state index contributed by atoms with van der Waals surface area (Å²) in [5.74, 6) is -1.80. The molecule has 0 aromatic heterocycles. The molecular weight excluding hydrogens is 199 g/mol. The van der Waals surface area contributed by atoms with Crippen molar-refractivity contribution in [3.63, 3.8) is 0 Å². The van der Waals surface area contributed by atoms with Crippen LogP contribution in [0.2, 0.25) is 0 Å². The van der Waals surface area contributed by atoms with E-state index in [4.69, 9.17) is 0 Å². The van der Waals surface area contributed by atoms with Crippen molar-refractivity contribution < 1.29 is 18.7 Å². The number of methoxy groups -OCH3 is 1. The van der Waals surface area contributed by atoms with Crippen molar-refractivity contribution in [1.82, 2.24) is 0 Å². The van der Waals surface area contributed by atoms with Gasteiger partial charge in [0.2, 0.25) is 0 Å². The molecule has 0 unspecified atom stereocenters. The van der Waals surface area contributed by atoms with Crippen LogP contribution in [0, 0.1) is 5.82 Å². The summed E-state index contributed by atoms with van der Waals surface area (Å²) >= 11 is 0. The number of halogens is 1. The van der Waals surface area contributed by atoms with Crippen LogP contribution >= 0.6 is 0 Å². The summed E-state index contributed by atoms with van der Waals surface area (Å²) in [4.78, 5) is 22.5. The van der Waals surface area contributed by atoms with Gasteiger partial charge in [-0.2, -0.15) is 0 Å². The number of hydrogen-bond donors (Lipinski definition) is 0. The third-order valence-corrected chi connectivity index (χ3v) is 1.81. The number of rotatable bonds is 3. The molecule has 0 N–H and O–H groups in total. The molecule has 1 aromatic carbocycles. The molecule has 1 aromatic rings. The summed E-state index contributed by atoms with van der Waals surface area (Å²) in [7, 11) is 1.16. The Labute approximate surface area is 86.2 Å². The number of carbonyl (C=O) groups excluding carboxylic acids is 2. The predicted octanol–water partition coefficient (Wildman–Crippen LogP) is 1.74. The van der Waals surface area contributed by atoms with Gasteiger partial charge >= 0.3 is 5.97 Å². The maximum atomic E-state index is 12.6. The first-order chi connectivity index (χ1) is 7.06. The number of Topliss-reactive ketones (excluding diaryl/α,β-unsaturated/α-hetero) is 1. The van der Waals surface area contributed by atoms with Crippen molar-refractivity contribution in [2.45, 2.75) is 0 Å². The minimum absolute atomic E-state index is 0.201. The number of hydrogen-bond acceptors (Lipinski definition) is 3. The van der Waals surface area contributed by atoms with E-state index >= 15 is 0 Å². The highest BCUT2D eigenvalue weighted by molar-refractivity contribution is 6.23. The van der Waals surface area contributed by atoms with Gasteiger partial charge in [-0.1, -0.05) is 6.58 Å². The lowest BCUT2D eigenvalue weighted by atomic mass is 10.1. The molecule has 0 fully saturated rings. The Hall–Kier alpha value is -1.97. The smallest absolute Gasteiger partial charge is 0.341 e. The third-order valence-electron chi connectivity index (χ3n) is 1.81. The Balaban J connectivity index is 2.90. The minimum atomic E-state index is -0.788. The molecule has 0 aliphatic carbocycles. The summed E-state index contributed by atoms with van der Waals surface area (Å²) in [6.45, 7) is 3.31. The second-order valence-electron chi connectivity index (χ2n) is 2.81. The zero-order chi connectivity index (χ0) is 11.4. The molecule has 78 valence electrons. The Morgan fingerprint density at radius 3 is 2.27 bits per heavy atom. The van der Waals surface area contributed by atoms with Crippen LogP contribution < -0.4 is 0 Å². The van der Waals surface area contributed by atoms with Gasteiger partial charge in [0.05, 0.1) is 7.11 Å². The largest absolute Gasteiger partial charge is 0.465 e. The van der Waals surface area contributed by atoms with Crippen LogP contribution in [0.4, 0.5) is 4.39 Å². The number of benzene rings is 1. The molecule has 0 spiro atoms. The molecular formula is C11H9FO3. The summed E-state index contributed by atoms with van der Waals surface area (Å²) in [6, 6.07) is 4.84. The van der Waals surface area contributed by atoms with Gasteiger partial charge in [0.1, 0.15) is 11.4 Å². The SMILES string of the molecule is C=C(C(=O)OC)C(=O)c1ccc(F)cc1. The average molecular weight is 208 g/mol. The van der Waals surface area contributed by atoms with Crippen LogP contribution in [0.15, 0.2) is 36.4 Å². The van der Waals surface area contributed by atoms with Crippen molar-refractivity contribution in [3.05, 3.63) is 47.8 Å². The quantitative estimate of drug-likeness (QED) is 0.250. The molecule has 0 atom stereocenters. The van der Waals surface area contributed by atoms with E-state index in [1.54, 1.807) is 0 Å². The van der Waals surface area contributed by atoms with Gasteiger partial charge in [0.15, 0.2) is 5.78 Å². The van der Waals surface area contributed by atoms with Crippen molar-refractivity contribution in [1.29, 1.82) is 0 Å². The van der Waals surface area contributed by atoms with E-state index in [9.17, 15) is 14.0 Å². The molecule has 1 rings (SSSR count). The van der Waals surface area contributed by atoms with Crippen LogP contribution in [0.25, 0.3) is 0 Å². The van der Waals surface area contributed by atoms with Crippen LogP contribution in [0.3, 0.4) is 0 Å². The maximum Gasteiger partial charge on any atom is 0.341 e. The van der Waals surface area contributed by atoms with Crippen molar-refractivity contribution in [3.8, 4) is 0 Å². The normalized spacial score (nSPS) is 9.47. The molecule has 0 aliphatic rings. The van der Waals surface area contributed by atoms with E-state index in [-0.39, 0.29) is 11.1 Å². The summed E-state index contributed by atoms with van der Waals surface area (Å²) in [6.07, 6.45) is 0. The van der Waals surface area contributed by atoms with Crippen LogP contribution in [-0.2, 0) is 9.53 Å². The first-order valence-corrected chi connectivity index (χ1v) is 4.13. The molecule has 0 bridgehead atoms. The summed E-state index contributed by atoms with van der Waals surface area (Å²) in [5.41, 5.74) is -0.0732. The molecule has 0 saturated heterocycles. The lowest BCUT2D eigenvalue weighted by Crippen LogP contribution is -2.13. The van der Waals surface area contributed by atoms with E-state index in [0.717, 1.165) is 19.2 Å². The van der Waals surface area contributed by atoms with Crippen molar-refractivity contribution >= 4 is 11.8 Å². The highest BCUT2D eigenvalue weighted by Gasteiger charge is 2.17. The summed E-state index contributed by atoms with van der Waals surface area (Å²) < 4.78 is 16.9. The standard InChI is InChI=1S/C11H9FO3/c1-7(11(14)15-2)10(13)8-3-5-9(12)6-4-8/h3-6H,1H2,2H3. The summed E-state index contributed by atoms with van der Waals surface area (Å²) in [5, 5.41) is 0. The van der Waals surface area contributed by atoms with E-state index in [1.165, 1.54) is 12.1 Å². The Kier molecular flexibility index (Phi) is 3.33. The maximum absolute atomic E-state index is 12.6. The molecule has 4 heteroatoms. The fraction of sp³-hybridized carbons (Fsp3) is 0.0909. The topological polar surface area (TPSA) is 43.4 Å². The third kappa shape index (κ3) is 2.49. The zero-order valence-corrected chi connectivity index (χ0v) is 8.12. The number of ketones is 1. The zero-order valence-electron chi connectivity index (χ0n) is 8.12. The lowest BCUT2D eigenvalue weighted by molar-refractivity contribution is -0.135. The first kappa shape index (κ1) is 11.1. The minimum Gasteiger partial charge on any atom is -0.465 e. The van der Waals surface area contributed by atoms with Gasteiger partial charge in [-0.15, -0.1) is 0 Å². The number of esters is 1. The monoisotopic (exact) mass is 208 g/mol. The fourth-order valence-electron chi connectivity index (χ4n) is 0.991. The van der Waals surface area contributed by atoms with Gasteiger partial charge in [-0.05, 0) is 24.3 Å². The highest BCUT2D eigenvalue weighted by atomic mass is 19.1. The molecule has 0 amide bonds. The number of carbonyl (C=O) groups is 2. The van der Waals surface area contributed by atoms with Crippen LogP contribution in [0.5, 0.6) is 0 Å². The number of ether oxygens (including phenoxy) is 1. The Morgan fingerprint density at radius 1 is 1.27 bits per heavy atom. The Bertz CT molecular complexity index is 406. The van der Waals surface area contributed by atoms with Crippen molar-refractivity contribution in [2.75, 3.05) is 7.11 Å². The molecule has 3 nitrogen and oxygen atoms in total. The molecule has 0 saturated carbocycles. The van der Waals surface area contributed by atoms with E-state index in [0.29, 0.717) is 0 Å². The highest BCUT2D eigenvalue weighted by Crippen LogP contribution is 2.09. The molecule has 0 radical (unpaired) electrons. The molecule has 0 heterocycles. The second kappa shape index (κ2) is 4.50. The van der Waals surface area contributed by atoms with Crippen LogP contribution in [0.1, 0.15) is 10.4 Å². The van der Waals surface area contributed by atoms with E-state index in [2.05, 4.69) is 11.3 Å². The fourth-order valence-corrected chi connectivity index (χ4v) is 0.991. The van der Waals surface area contributed by atoms with Gasteiger partial charge in [0.25, 0.3) is 0 Å². The van der Waals surface area contributed by atoms with E-state index < -0.39 is 17.6 Å². The van der Waals surface area contributed by atoms with Gasteiger partial charge in [-0.3, -0.25) is 4.79 Å². The van der Waals surface area contributed by atoms with Gasteiger partial charge in [-0.25, -0.2) is 9.18 Å². The van der Waals surface area contributed by atoms with Crippen molar-refractivity contribution in [2.24, 2.45) is 0 Å². The van der Waals surface area contributed by atoms with Crippen LogP contribution in [-0.4, -0.2) is 18.9 Å². The Morgan fingerprint density at radius 2 is 1.80 bits per heavy atom. The lowest BCUT2D eigenvalue weighted by Gasteiger charge is -2.02. The predicted molar refractivity (Wildman–Crippen MR) is 51.9 cm³/mol. The van der Waals surface area contributed by atoms with E-state index in [1.807, 2.05) is 0 Å². The van der Waals surface area contributed by atoms with Gasteiger partial charge in [0, 0.05) is 5.56 Å². The van der Waals surface area contributed by atoms with Gasteiger partial charge < -0.3 is 4.74 Å². The molecule has 15 heavy (non-hydrogen) atoms.